The van der Waals surface area contributed by atoms with Gasteiger partial charge < -0.3 is 14.2 Å². The van der Waals surface area contributed by atoms with E-state index in [1.807, 2.05) is 29.8 Å². The smallest absolute Gasteiger partial charge is 0.254 e. The molecule has 2 aromatic rings. The summed E-state index contributed by atoms with van der Waals surface area (Å²) in [6, 6.07) is 7.35. The van der Waals surface area contributed by atoms with Crippen molar-refractivity contribution in [2.45, 2.75) is 0 Å². The van der Waals surface area contributed by atoms with E-state index in [2.05, 4.69) is 0 Å². The number of ether oxygens (including phenoxy) is 1. The summed E-state index contributed by atoms with van der Waals surface area (Å²) in [5.41, 5.74) is 2.21. The lowest BCUT2D eigenvalue weighted by Crippen LogP contribution is -2.40. The first kappa shape index (κ1) is 12.9. The Hall–Kier alpha value is -2.14. The molecule has 0 N–H and O–H groups in total. The highest BCUT2D eigenvalue weighted by Gasteiger charge is 2.19. The number of hydrogen-bond donors (Lipinski definition) is 0. The van der Waals surface area contributed by atoms with E-state index < -0.39 is 0 Å². The molecule has 0 saturated carbocycles. The number of hydrogen-bond acceptors (Lipinski definition) is 3. The molecule has 3 rings (SSSR count). The van der Waals surface area contributed by atoms with E-state index in [0.717, 1.165) is 17.2 Å². The fourth-order valence-corrected chi connectivity index (χ4v) is 2.57. The molecule has 5 heteroatoms. The third kappa shape index (κ3) is 2.10. The summed E-state index contributed by atoms with van der Waals surface area (Å²) in [6.07, 6.45) is 0.823. The van der Waals surface area contributed by atoms with E-state index in [1.54, 1.807) is 11.0 Å². The van der Waals surface area contributed by atoms with Crippen LogP contribution in [0, 0.1) is 0 Å². The topological polar surface area (TPSA) is 51.5 Å². The summed E-state index contributed by atoms with van der Waals surface area (Å²) in [5, 5.41) is 0.911. The molecule has 1 aliphatic rings. The lowest BCUT2D eigenvalue weighted by Gasteiger charge is -2.26. The Labute approximate surface area is 116 Å². The molecular weight excluding hydrogens is 256 g/mol. The van der Waals surface area contributed by atoms with Crippen LogP contribution in [0.15, 0.2) is 24.3 Å². The van der Waals surface area contributed by atoms with Gasteiger partial charge >= 0.3 is 0 Å². The molecule has 0 radical (unpaired) electrons. The van der Waals surface area contributed by atoms with Crippen molar-refractivity contribution < 1.29 is 14.3 Å². The van der Waals surface area contributed by atoms with E-state index >= 15 is 0 Å². The highest BCUT2D eigenvalue weighted by atomic mass is 16.5. The first-order chi connectivity index (χ1) is 9.70. The number of aldehydes is 1. The predicted octanol–water partition coefficient (Wildman–Crippen LogP) is 1.46. The average Bonchev–Trinajstić information content (AvgIpc) is 2.83. The Morgan fingerprint density at radius 3 is 2.70 bits per heavy atom. The molecule has 1 fully saturated rings. The zero-order valence-corrected chi connectivity index (χ0v) is 11.3. The van der Waals surface area contributed by atoms with E-state index in [0.29, 0.717) is 37.6 Å². The minimum Gasteiger partial charge on any atom is -0.378 e. The van der Waals surface area contributed by atoms with Crippen molar-refractivity contribution in [1.29, 1.82) is 0 Å². The van der Waals surface area contributed by atoms with Crippen LogP contribution in [0.2, 0.25) is 0 Å². The molecule has 1 saturated heterocycles. The van der Waals surface area contributed by atoms with Crippen LogP contribution in [0.3, 0.4) is 0 Å². The molecule has 5 nitrogen and oxygen atoms in total. The molecule has 1 aromatic heterocycles. The van der Waals surface area contributed by atoms with Gasteiger partial charge in [-0.05, 0) is 24.3 Å². The molecular formula is C15H16N2O3. The highest BCUT2D eigenvalue weighted by Crippen LogP contribution is 2.20. The lowest BCUT2D eigenvalue weighted by atomic mass is 10.1. The van der Waals surface area contributed by atoms with E-state index in [1.165, 1.54) is 0 Å². The Kier molecular flexibility index (Phi) is 3.28. The van der Waals surface area contributed by atoms with Gasteiger partial charge in [-0.15, -0.1) is 0 Å². The van der Waals surface area contributed by atoms with Crippen molar-refractivity contribution in [3.05, 3.63) is 35.5 Å². The number of aromatic nitrogens is 1. The lowest BCUT2D eigenvalue weighted by molar-refractivity contribution is 0.0303. The van der Waals surface area contributed by atoms with Gasteiger partial charge in [0, 0.05) is 36.6 Å². The third-order valence-electron chi connectivity index (χ3n) is 3.75. The summed E-state index contributed by atoms with van der Waals surface area (Å²) >= 11 is 0. The number of morpholine rings is 1. The normalized spacial score (nSPS) is 15.6. The number of amides is 1. The van der Waals surface area contributed by atoms with Crippen LogP contribution in [0.5, 0.6) is 0 Å². The molecule has 1 aromatic carbocycles. The van der Waals surface area contributed by atoms with Gasteiger partial charge in [-0.1, -0.05) is 0 Å². The van der Waals surface area contributed by atoms with Gasteiger partial charge in [0.1, 0.15) is 0 Å². The van der Waals surface area contributed by atoms with Crippen molar-refractivity contribution in [2.24, 2.45) is 7.05 Å². The van der Waals surface area contributed by atoms with E-state index in [9.17, 15) is 9.59 Å². The number of carbonyl (C=O) groups excluding carboxylic acids is 2. The molecule has 2 heterocycles. The quantitative estimate of drug-likeness (QED) is 0.778. The minimum absolute atomic E-state index is 0.0201. The van der Waals surface area contributed by atoms with Gasteiger partial charge in [0.15, 0.2) is 6.29 Å². The number of carbonyl (C=O) groups is 2. The van der Waals surface area contributed by atoms with Crippen molar-refractivity contribution in [1.82, 2.24) is 9.47 Å². The predicted molar refractivity (Wildman–Crippen MR) is 75.0 cm³/mol. The maximum absolute atomic E-state index is 12.4. The second kappa shape index (κ2) is 5.09. The van der Waals surface area contributed by atoms with Crippen molar-refractivity contribution in [3.63, 3.8) is 0 Å². The van der Waals surface area contributed by atoms with Gasteiger partial charge in [0.05, 0.1) is 18.9 Å². The maximum atomic E-state index is 12.4. The molecule has 1 amide bonds. The van der Waals surface area contributed by atoms with Gasteiger partial charge in [-0.25, -0.2) is 0 Å². The summed E-state index contributed by atoms with van der Waals surface area (Å²) in [7, 11) is 1.84. The first-order valence-corrected chi connectivity index (χ1v) is 6.62. The second-order valence-electron chi connectivity index (χ2n) is 4.92. The molecule has 1 aliphatic heterocycles. The van der Waals surface area contributed by atoms with Gasteiger partial charge in [-0.2, -0.15) is 0 Å². The first-order valence-electron chi connectivity index (χ1n) is 6.62. The fourth-order valence-electron chi connectivity index (χ4n) is 2.57. The third-order valence-corrected chi connectivity index (χ3v) is 3.75. The van der Waals surface area contributed by atoms with Crippen LogP contribution in [0.25, 0.3) is 10.9 Å². The van der Waals surface area contributed by atoms with Gasteiger partial charge in [0.25, 0.3) is 5.91 Å². The average molecular weight is 272 g/mol. The molecule has 0 unspecified atom stereocenters. The van der Waals surface area contributed by atoms with Crippen molar-refractivity contribution >= 4 is 23.1 Å². The Morgan fingerprint density at radius 1 is 1.25 bits per heavy atom. The van der Waals surface area contributed by atoms with Gasteiger partial charge in [-0.3, -0.25) is 9.59 Å². The molecule has 0 bridgehead atoms. The number of nitrogens with zero attached hydrogens (tertiary/aromatic N) is 2. The number of fused-ring (bicyclic) bond motifs is 1. The summed E-state index contributed by atoms with van der Waals surface area (Å²) < 4.78 is 7.08. The van der Waals surface area contributed by atoms with Crippen LogP contribution in [0.1, 0.15) is 20.8 Å². The van der Waals surface area contributed by atoms with Gasteiger partial charge in [0.2, 0.25) is 0 Å². The SMILES string of the molecule is Cn1c(C=O)cc2cc(C(=O)N3CCOCC3)ccc21. The van der Waals surface area contributed by atoms with E-state index in [4.69, 9.17) is 4.74 Å². The Balaban J connectivity index is 1.96. The highest BCUT2D eigenvalue weighted by molar-refractivity contribution is 5.99. The summed E-state index contributed by atoms with van der Waals surface area (Å²) in [4.78, 5) is 25.2. The number of benzene rings is 1. The monoisotopic (exact) mass is 272 g/mol. The second-order valence-corrected chi connectivity index (χ2v) is 4.92. The van der Waals surface area contributed by atoms with Crippen LogP contribution in [0.4, 0.5) is 0 Å². The summed E-state index contributed by atoms with van der Waals surface area (Å²) in [6.45, 7) is 2.44. The fraction of sp³-hybridized carbons (Fsp3) is 0.333. The number of rotatable bonds is 2. The number of aryl methyl sites for hydroxylation is 1. The molecule has 0 atom stereocenters. The maximum Gasteiger partial charge on any atom is 0.254 e. The molecule has 0 spiro atoms. The van der Waals surface area contributed by atoms with Crippen LogP contribution in [-0.4, -0.2) is 48.0 Å². The van der Waals surface area contributed by atoms with Crippen LogP contribution in [-0.2, 0) is 11.8 Å². The van der Waals surface area contributed by atoms with Crippen molar-refractivity contribution in [3.8, 4) is 0 Å². The molecule has 0 aliphatic carbocycles. The Morgan fingerprint density at radius 2 is 2.00 bits per heavy atom. The minimum atomic E-state index is 0.0201. The Bertz CT molecular complexity index is 669. The van der Waals surface area contributed by atoms with E-state index in [-0.39, 0.29) is 5.91 Å². The largest absolute Gasteiger partial charge is 0.378 e. The summed E-state index contributed by atoms with van der Waals surface area (Å²) in [5.74, 6) is 0.0201. The zero-order chi connectivity index (χ0) is 14.1. The zero-order valence-electron chi connectivity index (χ0n) is 11.3. The molecule has 20 heavy (non-hydrogen) atoms. The van der Waals surface area contributed by atoms with Crippen molar-refractivity contribution in [2.75, 3.05) is 26.3 Å². The van der Waals surface area contributed by atoms with Crippen LogP contribution < -0.4 is 0 Å². The molecule has 104 valence electrons. The standard InChI is InChI=1S/C15H16N2O3/c1-16-13(10-18)9-12-8-11(2-3-14(12)16)15(19)17-4-6-20-7-5-17/h2-3,8-10H,4-7H2,1H3. The van der Waals surface area contributed by atoms with Crippen LogP contribution >= 0.6 is 0 Å².